The predicted octanol–water partition coefficient (Wildman–Crippen LogP) is -1.60. The van der Waals surface area contributed by atoms with Gasteiger partial charge in [0.05, 0.1) is 0 Å². The van der Waals surface area contributed by atoms with Gasteiger partial charge >= 0.3 is 0 Å². The Morgan fingerprint density at radius 1 is 0.500 bits per heavy atom. The summed E-state index contributed by atoms with van der Waals surface area (Å²) in [5, 5.41) is 0. The quantitative estimate of drug-likeness (QED) is 0.500. The van der Waals surface area contributed by atoms with Crippen molar-refractivity contribution in [2.24, 2.45) is 0 Å². The molecule has 3 rings (SSSR count). The molecule has 0 unspecified atom stereocenters. The van der Waals surface area contributed by atoms with Gasteiger partial charge in [0.15, 0.2) is 0 Å². The molecule has 0 N–H and O–H groups in total. The Labute approximate surface area is 163 Å². The van der Waals surface area contributed by atoms with E-state index in [0.29, 0.717) is 38.3 Å². The third kappa shape index (κ3) is 3.34. The molecule has 0 nitrogen and oxygen atoms in total. The Bertz CT molecular complexity index is 977. The van der Waals surface area contributed by atoms with Gasteiger partial charge in [-0.1, -0.05) is 80.3 Å². The predicted molar refractivity (Wildman–Crippen MR) is 119 cm³/mol. The van der Waals surface area contributed by atoms with Crippen LogP contribution in [0.1, 0.15) is 11.1 Å². The Balaban J connectivity index is 2.18. The second-order valence-corrected chi connectivity index (χ2v) is 6.61. The molecule has 0 aliphatic heterocycles. The summed E-state index contributed by atoms with van der Waals surface area (Å²) >= 11 is 0. The minimum atomic E-state index is 0.507. The first kappa shape index (κ1) is 18.8. The molecule has 0 aliphatic rings. The van der Waals surface area contributed by atoms with Crippen LogP contribution in [0.4, 0.5) is 0 Å². The Kier molecular flexibility index (Phi) is 5.06. The summed E-state index contributed by atoms with van der Waals surface area (Å²) in [6, 6.07) is 11.0. The van der Waals surface area contributed by atoms with Gasteiger partial charge in [0.1, 0.15) is 47.1 Å². The first-order chi connectivity index (χ1) is 12.2. The average Bonchev–Trinajstić information content (AvgIpc) is 2.56. The monoisotopic (exact) mass is 318 g/mol. The van der Waals surface area contributed by atoms with Crippen LogP contribution in [-0.4, -0.2) is 47.1 Å². The van der Waals surface area contributed by atoms with Gasteiger partial charge < -0.3 is 0 Å². The molecule has 0 heterocycles. The van der Waals surface area contributed by atoms with Crippen LogP contribution in [0.5, 0.6) is 0 Å². The minimum Gasteiger partial charge on any atom is -0.0938 e. The lowest BCUT2D eigenvalue weighted by Crippen LogP contribution is -2.26. The molecule has 12 radical (unpaired) electrons. The summed E-state index contributed by atoms with van der Waals surface area (Å²) in [5.41, 5.74) is 8.31. The maximum atomic E-state index is 6.32. The number of rotatable bonds is 2. The van der Waals surface area contributed by atoms with E-state index in [2.05, 4.69) is 0 Å². The molecule has 0 bridgehead atoms. The Morgan fingerprint density at radius 2 is 0.962 bits per heavy atom. The molecule has 0 saturated heterocycles. The molecule has 0 aliphatic carbocycles. The highest BCUT2D eigenvalue weighted by Gasteiger charge is 2.12. The number of hydrogen-bond donors (Lipinski definition) is 0. The van der Waals surface area contributed by atoms with Gasteiger partial charge in [-0.3, -0.25) is 0 Å². The van der Waals surface area contributed by atoms with E-state index in [-0.39, 0.29) is 0 Å². The lowest BCUT2D eigenvalue weighted by Gasteiger charge is -2.19. The lowest BCUT2D eigenvalue weighted by molar-refractivity contribution is 1.54. The summed E-state index contributed by atoms with van der Waals surface area (Å²) < 4.78 is 0. The van der Waals surface area contributed by atoms with Crippen LogP contribution in [0.3, 0.4) is 0 Å². The van der Waals surface area contributed by atoms with Crippen LogP contribution in [0.15, 0.2) is 36.4 Å². The van der Waals surface area contributed by atoms with Crippen LogP contribution in [0, 0.1) is 13.8 Å². The number of benzene rings is 3. The fourth-order valence-electron chi connectivity index (χ4n) is 3.06. The van der Waals surface area contributed by atoms with E-state index in [0.717, 1.165) is 27.8 Å². The number of hydrogen-bond acceptors (Lipinski definition) is 0. The first-order valence-electron chi connectivity index (χ1n) is 8.20. The fraction of sp³-hybridized carbons (Fsp3) is 0.100. The van der Waals surface area contributed by atoms with E-state index >= 15 is 0 Å². The van der Waals surface area contributed by atoms with Crippen molar-refractivity contribution in [1.29, 1.82) is 0 Å². The standard InChI is InChI=1S/C20H12B6/c1-9-3-17(24)13(8-14(9)21)20-18(25)6-12(7-19(20)26)11-4-15(22)10(2)16(23)5-11/h3-8H,1-2H3. The van der Waals surface area contributed by atoms with Crippen LogP contribution in [0.2, 0.25) is 0 Å². The molecule has 0 saturated carbocycles. The average molecular weight is 317 g/mol. The molecule has 0 spiro atoms. The molecule has 3 aromatic carbocycles. The van der Waals surface area contributed by atoms with Crippen molar-refractivity contribution >= 4 is 79.9 Å². The summed E-state index contributed by atoms with van der Waals surface area (Å²) in [4.78, 5) is 0. The molecule has 26 heavy (non-hydrogen) atoms. The molecule has 6 heteroatoms. The largest absolute Gasteiger partial charge is 0.114 e. The molecule has 0 aromatic heterocycles. The highest BCUT2D eigenvalue weighted by molar-refractivity contribution is 6.47. The van der Waals surface area contributed by atoms with Gasteiger partial charge in [-0.2, -0.15) is 0 Å². The number of aryl methyl sites for hydroxylation is 1. The van der Waals surface area contributed by atoms with E-state index < -0.39 is 0 Å². The van der Waals surface area contributed by atoms with E-state index in [1.807, 2.05) is 44.2 Å². The molecule has 3 aromatic rings. The third-order valence-corrected chi connectivity index (χ3v) is 4.73. The van der Waals surface area contributed by atoms with Gasteiger partial charge in [0, 0.05) is 0 Å². The van der Waals surface area contributed by atoms with Gasteiger partial charge in [-0.05, 0) is 36.1 Å². The first-order valence-corrected chi connectivity index (χ1v) is 8.20. The zero-order valence-corrected chi connectivity index (χ0v) is 14.9. The van der Waals surface area contributed by atoms with Gasteiger partial charge in [-0.15, -0.1) is 0 Å². The van der Waals surface area contributed by atoms with E-state index in [1.54, 1.807) is 6.07 Å². The van der Waals surface area contributed by atoms with Crippen molar-refractivity contribution in [1.82, 2.24) is 0 Å². The van der Waals surface area contributed by atoms with Gasteiger partial charge in [0.25, 0.3) is 0 Å². The summed E-state index contributed by atoms with van der Waals surface area (Å²) in [7, 11) is 36.9. The maximum Gasteiger partial charge on any atom is 0.114 e. The normalized spacial score (nSPS) is 10.8. The fourth-order valence-corrected chi connectivity index (χ4v) is 3.06. The van der Waals surface area contributed by atoms with Gasteiger partial charge in [0.2, 0.25) is 0 Å². The van der Waals surface area contributed by atoms with E-state index in [1.165, 1.54) is 0 Å². The SMILES string of the molecule is [B]c1cc(-c2c([B])cc(-c3cc([B])c(C)c([B])c3)cc2[B])c([B])cc1C. The zero-order valence-electron chi connectivity index (χ0n) is 14.9. The highest BCUT2D eigenvalue weighted by atomic mass is 14.1. The van der Waals surface area contributed by atoms with Crippen LogP contribution < -0.4 is 32.8 Å². The second-order valence-electron chi connectivity index (χ2n) is 6.61. The molecule has 0 fully saturated rings. The van der Waals surface area contributed by atoms with E-state index in [9.17, 15) is 0 Å². The smallest absolute Gasteiger partial charge is 0.0938 e. The molecule has 0 atom stereocenters. The van der Waals surface area contributed by atoms with Crippen molar-refractivity contribution in [2.75, 3.05) is 0 Å². The summed E-state index contributed by atoms with van der Waals surface area (Å²) in [5.74, 6) is 0. The topological polar surface area (TPSA) is 0 Å². The van der Waals surface area contributed by atoms with Crippen LogP contribution in [0.25, 0.3) is 22.3 Å². The molecular formula is C20H12B6. The van der Waals surface area contributed by atoms with Crippen molar-refractivity contribution in [3.8, 4) is 22.3 Å². The van der Waals surface area contributed by atoms with Crippen molar-refractivity contribution in [3.63, 3.8) is 0 Å². The zero-order chi connectivity index (χ0) is 19.2. The minimum absolute atomic E-state index is 0.507. The summed E-state index contributed by atoms with van der Waals surface area (Å²) in [6.45, 7) is 3.78. The van der Waals surface area contributed by atoms with Gasteiger partial charge in [-0.25, -0.2) is 0 Å². The molecule has 0 amide bonds. The third-order valence-electron chi connectivity index (χ3n) is 4.73. The van der Waals surface area contributed by atoms with Crippen molar-refractivity contribution in [3.05, 3.63) is 47.5 Å². The van der Waals surface area contributed by atoms with Crippen LogP contribution >= 0.6 is 0 Å². The second kappa shape index (κ2) is 6.99. The van der Waals surface area contributed by atoms with Crippen molar-refractivity contribution in [2.45, 2.75) is 13.8 Å². The summed E-state index contributed by atoms with van der Waals surface area (Å²) in [6.07, 6.45) is 0. The lowest BCUT2D eigenvalue weighted by atomic mass is 9.71. The molecular weight excluding hydrogens is 305 g/mol. The van der Waals surface area contributed by atoms with E-state index in [4.69, 9.17) is 47.1 Å². The Morgan fingerprint density at radius 3 is 1.46 bits per heavy atom. The maximum absolute atomic E-state index is 6.32. The highest BCUT2D eigenvalue weighted by Crippen LogP contribution is 2.20. The van der Waals surface area contributed by atoms with Crippen molar-refractivity contribution < 1.29 is 0 Å². The Hall–Kier alpha value is -1.95. The molecule has 110 valence electrons. The van der Waals surface area contributed by atoms with Crippen LogP contribution in [-0.2, 0) is 0 Å².